The van der Waals surface area contributed by atoms with Gasteiger partial charge in [-0.1, -0.05) is 5.57 Å². The van der Waals surface area contributed by atoms with Crippen LogP contribution in [0.4, 0.5) is 0 Å². The average molecular weight is 197 g/mol. The van der Waals surface area contributed by atoms with Gasteiger partial charge in [-0.15, -0.1) is 0 Å². The molecule has 0 radical (unpaired) electrons. The second kappa shape index (κ2) is 4.60. The number of rotatable bonds is 3. The highest BCUT2D eigenvalue weighted by Crippen LogP contribution is 2.25. The van der Waals surface area contributed by atoms with E-state index in [0.717, 1.165) is 17.6 Å². The Bertz CT molecular complexity index is 254. The summed E-state index contributed by atoms with van der Waals surface area (Å²) in [5.41, 5.74) is 2.08. The average Bonchev–Trinajstić information content (AvgIpc) is 2.40. The van der Waals surface area contributed by atoms with E-state index < -0.39 is 0 Å². The second-order valence-corrected chi connectivity index (χ2v) is 3.93. The molecule has 1 heterocycles. The predicted molar refractivity (Wildman–Crippen MR) is 55.8 cm³/mol. The lowest BCUT2D eigenvalue weighted by Gasteiger charge is -2.20. The zero-order valence-corrected chi connectivity index (χ0v) is 9.46. The minimum atomic E-state index is 0.144. The molecule has 80 valence electrons. The van der Waals surface area contributed by atoms with Crippen molar-refractivity contribution in [2.24, 2.45) is 0 Å². The van der Waals surface area contributed by atoms with Crippen LogP contribution in [0, 0.1) is 0 Å². The predicted octanol–water partition coefficient (Wildman–Crippen LogP) is 1.94. The number of allylic oxidation sites excluding steroid dienone is 1. The smallest absolute Gasteiger partial charge is 0.251 e. The third-order valence-electron chi connectivity index (χ3n) is 2.59. The van der Waals surface area contributed by atoms with Gasteiger partial charge in [0.05, 0.1) is 0 Å². The lowest BCUT2D eigenvalue weighted by molar-refractivity contribution is -0.131. The molecule has 14 heavy (non-hydrogen) atoms. The molecule has 0 bridgehead atoms. The topological polar surface area (TPSA) is 29.5 Å². The largest absolute Gasteiger partial charge is 0.361 e. The molecule has 1 unspecified atom stereocenters. The molecule has 1 saturated heterocycles. The Morgan fingerprint density at radius 1 is 1.57 bits per heavy atom. The molecule has 3 nitrogen and oxygen atoms in total. The van der Waals surface area contributed by atoms with Crippen molar-refractivity contribution in [3.05, 3.63) is 11.1 Å². The highest BCUT2D eigenvalue weighted by Gasteiger charge is 2.32. The zero-order valence-electron chi connectivity index (χ0n) is 9.46. The van der Waals surface area contributed by atoms with Gasteiger partial charge in [0.2, 0.25) is 0 Å². The number of ether oxygens (including phenoxy) is 1. The molecule has 0 spiro atoms. The molecule has 0 saturated carbocycles. The van der Waals surface area contributed by atoms with Crippen molar-refractivity contribution in [1.29, 1.82) is 0 Å². The zero-order chi connectivity index (χ0) is 10.7. The maximum Gasteiger partial charge on any atom is 0.251 e. The van der Waals surface area contributed by atoms with Gasteiger partial charge in [-0.2, -0.15) is 0 Å². The Balaban J connectivity index is 2.71. The minimum Gasteiger partial charge on any atom is -0.361 e. The summed E-state index contributed by atoms with van der Waals surface area (Å²) in [5.74, 6) is 0.144. The van der Waals surface area contributed by atoms with Gasteiger partial charge in [0.1, 0.15) is 6.73 Å². The van der Waals surface area contributed by atoms with Crippen LogP contribution in [-0.2, 0) is 9.53 Å². The summed E-state index contributed by atoms with van der Waals surface area (Å²) in [6.07, 6.45) is 0.855. The Morgan fingerprint density at radius 2 is 2.21 bits per heavy atom. The number of carbonyl (C=O) groups is 1. The molecule has 3 heteroatoms. The summed E-state index contributed by atoms with van der Waals surface area (Å²) in [4.78, 5) is 13.6. The standard InChI is InChI=1S/C11H19NO2/c1-5-14-7-12-9(4)6-10(8(2)3)11(12)13/h9H,5-7H2,1-4H3. The molecule has 0 aromatic rings. The molecular formula is C11H19NO2. The highest BCUT2D eigenvalue weighted by atomic mass is 16.5. The molecule has 1 rings (SSSR count). The summed E-state index contributed by atoms with van der Waals surface area (Å²) in [7, 11) is 0. The fraction of sp³-hybridized carbons (Fsp3) is 0.727. The first-order chi connectivity index (χ1) is 6.57. The first kappa shape index (κ1) is 11.2. The summed E-state index contributed by atoms with van der Waals surface area (Å²) < 4.78 is 5.27. The third kappa shape index (κ3) is 2.15. The highest BCUT2D eigenvalue weighted by molar-refractivity contribution is 5.96. The number of likely N-dealkylation sites (tertiary alicyclic amines) is 1. The van der Waals surface area contributed by atoms with Crippen LogP contribution in [0.25, 0.3) is 0 Å². The van der Waals surface area contributed by atoms with E-state index in [9.17, 15) is 4.79 Å². The normalized spacial score (nSPS) is 22.0. The molecule has 1 fully saturated rings. The lowest BCUT2D eigenvalue weighted by atomic mass is 10.1. The second-order valence-electron chi connectivity index (χ2n) is 3.93. The lowest BCUT2D eigenvalue weighted by Crippen LogP contribution is -2.33. The summed E-state index contributed by atoms with van der Waals surface area (Å²) in [6, 6.07) is 0.277. The van der Waals surface area contributed by atoms with Crippen LogP contribution in [0.3, 0.4) is 0 Å². The van der Waals surface area contributed by atoms with Crippen molar-refractivity contribution >= 4 is 5.91 Å². The van der Waals surface area contributed by atoms with E-state index >= 15 is 0 Å². The van der Waals surface area contributed by atoms with Crippen molar-refractivity contribution in [2.75, 3.05) is 13.3 Å². The van der Waals surface area contributed by atoms with Crippen LogP contribution < -0.4 is 0 Å². The van der Waals surface area contributed by atoms with Gasteiger partial charge < -0.3 is 9.64 Å². The Hall–Kier alpha value is -0.830. The van der Waals surface area contributed by atoms with Crippen LogP contribution in [0.2, 0.25) is 0 Å². The van der Waals surface area contributed by atoms with Gasteiger partial charge >= 0.3 is 0 Å². The monoisotopic (exact) mass is 197 g/mol. The SMILES string of the molecule is CCOCN1C(=O)C(=C(C)C)CC1C. The molecule has 0 aromatic heterocycles. The van der Waals surface area contributed by atoms with Crippen LogP contribution in [0.15, 0.2) is 11.1 Å². The molecule has 1 aliphatic heterocycles. The van der Waals surface area contributed by atoms with Gasteiger partial charge in [0.25, 0.3) is 5.91 Å². The van der Waals surface area contributed by atoms with Crippen LogP contribution in [0.5, 0.6) is 0 Å². The maximum absolute atomic E-state index is 11.9. The van der Waals surface area contributed by atoms with Gasteiger partial charge in [-0.05, 0) is 34.1 Å². The first-order valence-electron chi connectivity index (χ1n) is 5.13. The molecular weight excluding hydrogens is 178 g/mol. The first-order valence-corrected chi connectivity index (χ1v) is 5.13. The quantitative estimate of drug-likeness (QED) is 0.647. The molecule has 0 N–H and O–H groups in total. The number of carbonyl (C=O) groups excluding carboxylic acids is 1. The maximum atomic E-state index is 11.9. The van der Waals surface area contributed by atoms with E-state index in [1.165, 1.54) is 0 Å². The summed E-state index contributed by atoms with van der Waals surface area (Å²) in [5, 5.41) is 0. The van der Waals surface area contributed by atoms with E-state index in [1.807, 2.05) is 20.8 Å². The van der Waals surface area contributed by atoms with Crippen molar-refractivity contribution in [2.45, 2.75) is 40.2 Å². The fourth-order valence-corrected chi connectivity index (χ4v) is 1.66. The van der Waals surface area contributed by atoms with Crippen LogP contribution in [0.1, 0.15) is 34.1 Å². The number of amides is 1. The summed E-state index contributed by atoms with van der Waals surface area (Å²) in [6.45, 7) is 9.06. The van der Waals surface area contributed by atoms with E-state index in [2.05, 4.69) is 6.92 Å². The molecule has 0 aliphatic carbocycles. The van der Waals surface area contributed by atoms with Gasteiger partial charge in [-0.25, -0.2) is 0 Å². The molecule has 1 atom stereocenters. The number of nitrogens with zero attached hydrogens (tertiary/aromatic N) is 1. The van der Waals surface area contributed by atoms with Crippen molar-refractivity contribution in [1.82, 2.24) is 4.90 Å². The number of hydrogen-bond donors (Lipinski definition) is 0. The van der Waals surface area contributed by atoms with E-state index in [-0.39, 0.29) is 11.9 Å². The van der Waals surface area contributed by atoms with Gasteiger partial charge in [0.15, 0.2) is 0 Å². The molecule has 1 aliphatic rings. The third-order valence-corrected chi connectivity index (χ3v) is 2.59. The fourth-order valence-electron chi connectivity index (χ4n) is 1.66. The van der Waals surface area contributed by atoms with Gasteiger partial charge in [0, 0.05) is 18.2 Å². The van der Waals surface area contributed by atoms with E-state index in [4.69, 9.17) is 4.74 Å². The molecule has 0 aromatic carbocycles. The van der Waals surface area contributed by atoms with Gasteiger partial charge in [-0.3, -0.25) is 4.79 Å². The van der Waals surface area contributed by atoms with Crippen LogP contribution in [-0.4, -0.2) is 30.2 Å². The van der Waals surface area contributed by atoms with E-state index in [0.29, 0.717) is 13.3 Å². The summed E-state index contributed by atoms with van der Waals surface area (Å²) >= 11 is 0. The Labute approximate surface area is 85.7 Å². The van der Waals surface area contributed by atoms with Crippen LogP contribution >= 0.6 is 0 Å². The van der Waals surface area contributed by atoms with Crippen molar-refractivity contribution in [3.8, 4) is 0 Å². The Kier molecular flexibility index (Phi) is 3.69. The van der Waals surface area contributed by atoms with Crippen molar-refractivity contribution in [3.63, 3.8) is 0 Å². The molecule has 1 amide bonds. The minimum absolute atomic E-state index is 0.144. The van der Waals surface area contributed by atoms with E-state index in [1.54, 1.807) is 4.90 Å². The van der Waals surface area contributed by atoms with Crippen molar-refractivity contribution < 1.29 is 9.53 Å². The number of hydrogen-bond acceptors (Lipinski definition) is 2. The Morgan fingerprint density at radius 3 is 2.64 bits per heavy atom.